The average molecular weight is 272 g/mol. The second-order valence-electron chi connectivity index (χ2n) is 5.05. The Labute approximate surface area is 111 Å². The first-order chi connectivity index (χ1) is 8.97. The van der Waals surface area contributed by atoms with Crippen LogP contribution < -0.4 is 10.6 Å². The highest BCUT2D eigenvalue weighted by molar-refractivity contribution is 5.48. The van der Waals surface area contributed by atoms with Gasteiger partial charge in [0, 0.05) is 18.8 Å². The number of benzene rings is 1. The zero-order valence-corrected chi connectivity index (χ0v) is 10.8. The van der Waals surface area contributed by atoms with E-state index >= 15 is 0 Å². The van der Waals surface area contributed by atoms with E-state index in [0.29, 0.717) is 6.42 Å². The summed E-state index contributed by atoms with van der Waals surface area (Å²) in [5.74, 6) is 0. The van der Waals surface area contributed by atoms with Gasteiger partial charge in [-0.25, -0.2) is 0 Å². The number of hydrogen-bond donors (Lipinski definition) is 1. The summed E-state index contributed by atoms with van der Waals surface area (Å²) in [7, 11) is 0. The highest BCUT2D eigenvalue weighted by Crippen LogP contribution is 2.23. The molecule has 1 aliphatic heterocycles. The van der Waals surface area contributed by atoms with Crippen molar-refractivity contribution in [1.29, 1.82) is 0 Å². The number of nitrogens with zero attached hydrogens (tertiary/aromatic N) is 1. The molecule has 0 amide bonds. The summed E-state index contributed by atoms with van der Waals surface area (Å²) >= 11 is 0. The van der Waals surface area contributed by atoms with Crippen molar-refractivity contribution in [1.82, 2.24) is 0 Å². The van der Waals surface area contributed by atoms with E-state index in [0.717, 1.165) is 24.3 Å². The molecule has 0 saturated carbocycles. The summed E-state index contributed by atoms with van der Waals surface area (Å²) in [5.41, 5.74) is 7.15. The predicted molar refractivity (Wildman–Crippen MR) is 70.2 cm³/mol. The number of rotatable bonds is 4. The normalized spacial score (nSPS) is 17.8. The van der Waals surface area contributed by atoms with Crippen LogP contribution in [0.2, 0.25) is 0 Å². The summed E-state index contributed by atoms with van der Waals surface area (Å²) < 4.78 is 36.9. The van der Waals surface area contributed by atoms with Crippen LogP contribution in [0.25, 0.3) is 0 Å². The Morgan fingerprint density at radius 1 is 1.11 bits per heavy atom. The topological polar surface area (TPSA) is 29.3 Å². The van der Waals surface area contributed by atoms with Crippen LogP contribution in [0, 0.1) is 0 Å². The van der Waals surface area contributed by atoms with Crippen LogP contribution >= 0.6 is 0 Å². The molecule has 1 saturated heterocycles. The van der Waals surface area contributed by atoms with Gasteiger partial charge in [0.1, 0.15) is 6.04 Å². The third kappa shape index (κ3) is 3.86. The van der Waals surface area contributed by atoms with Gasteiger partial charge in [-0.05, 0) is 43.4 Å². The molecule has 0 aliphatic carbocycles. The van der Waals surface area contributed by atoms with Crippen LogP contribution in [-0.4, -0.2) is 25.3 Å². The average Bonchev–Trinajstić information content (AvgIpc) is 2.89. The Kier molecular flexibility index (Phi) is 4.34. The molecule has 1 unspecified atom stereocenters. The number of alkyl halides is 3. The Balaban J connectivity index is 1.88. The second-order valence-corrected chi connectivity index (χ2v) is 5.05. The molecular weight excluding hydrogens is 253 g/mol. The Morgan fingerprint density at radius 2 is 1.68 bits per heavy atom. The van der Waals surface area contributed by atoms with Gasteiger partial charge >= 0.3 is 6.18 Å². The lowest BCUT2D eigenvalue weighted by atomic mass is 10.0. The van der Waals surface area contributed by atoms with Gasteiger partial charge in [-0.15, -0.1) is 0 Å². The van der Waals surface area contributed by atoms with E-state index in [1.807, 2.05) is 24.3 Å². The number of aryl methyl sites for hydroxylation is 1. The van der Waals surface area contributed by atoms with E-state index < -0.39 is 12.2 Å². The number of halogens is 3. The Morgan fingerprint density at radius 3 is 2.21 bits per heavy atom. The highest BCUT2D eigenvalue weighted by Gasteiger charge is 2.35. The standard InChI is InChI=1S/C14H19F3N2/c15-14(16,17)13(18)8-5-11-3-6-12(7-4-11)19-9-1-2-10-19/h3-4,6-7,13H,1-2,5,8-10,18H2. The van der Waals surface area contributed by atoms with Crippen molar-refractivity contribution < 1.29 is 13.2 Å². The summed E-state index contributed by atoms with van der Waals surface area (Å²) in [6.07, 6.45) is -1.58. The fraction of sp³-hybridized carbons (Fsp3) is 0.571. The van der Waals surface area contributed by atoms with E-state index in [1.54, 1.807) is 0 Å². The summed E-state index contributed by atoms with van der Waals surface area (Å²) in [4.78, 5) is 2.30. The fourth-order valence-electron chi connectivity index (χ4n) is 2.33. The van der Waals surface area contributed by atoms with E-state index in [1.165, 1.54) is 12.8 Å². The largest absolute Gasteiger partial charge is 0.403 e. The molecule has 0 bridgehead atoms. The molecular formula is C14H19F3N2. The fourth-order valence-corrected chi connectivity index (χ4v) is 2.33. The predicted octanol–water partition coefficient (Wildman–Crippen LogP) is 3.11. The molecule has 2 nitrogen and oxygen atoms in total. The van der Waals surface area contributed by atoms with Gasteiger partial charge in [-0.1, -0.05) is 12.1 Å². The van der Waals surface area contributed by atoms with Crippen LogP contribution in [0.3, 0.4) is 0 Å². The van der Waals surface area contributed by atoms with Gasteiger partial charge < -0.3 is 10.6 Å². The molecule has 19 heavy (non-hydrogen) atoms. The lowest BCUT2D eigenvalue weighted by Gasteiger charge is -2.18. The molecule has 106 valence electrons. The zero-order valence-electron chi connectivity index (χ0n) is 10.8. The molecule has 0 spiro atoms. The van der Waals surface area contributed by atoms with Crippen molar-refractivity contribution in [3.8, 4) is 0 Å². The van der Waals surface area contributed by atoms with Crippen LogP contribution in [-0.2, 0) is 6.42 Å². The maximum absolute atomic E-state index is 12.3. The van der Waals surface area contributed by atoms with Crippen molar-refractivity contribution in [2.24, 2.45) is 5.73 Å². The second kappa shape index (κ2) is 5.82. The maximum atomic E-state index is 12.3. The summed E-state index contributed by atoms with van der Waals surface area (Å²) in [6, 6.07) is 6.04. The van der Waals surface area contributed by atoms with Crippen LogP contribution in [0.4, 0.5) is 18.9 Å². The quantitative estimate of drug-likeness (QED) is 0.912. The van der Waals surface area contributed by atoms with E-state index in [-0.39, 0.29) is 6.42 Å². The van der Waals surface area contributed by atoms with Crippen LogP contribution in [0.1, 0.15) is 24.8 Å². The van der Waals surface area contributed by atoms with E-state index in [2.05, 4.69) is 4.90 Å². The van der Waals surface area contributed by atoms with Gasteiger partial charge in [0.2, 0.25) is 0 Å². The van der Waals surface area contributed by atoms with E-state index in [4.69, 9.17) is 5.73 Å². The molecule has 1 aliphatic rings. The minimum Gasteiger partial charge on any atom is -0.372 e. The molecule has 1 atom stereocenters. The number of hydrogen-bond acceptors (Lipinski definition) is 2. The minimum absolute atomic E-state index is 0.0629. The van der Waals surface area contributed by atoms with E-state index in [9.17, 15) is 13.2 Å². The monoisotopic (exact) mass is 272 g/mol. The molecule has 5 heteroatoms. The van der Waals surface area contributed by atoms with Crippen LogP contribution in [0.15, 0.2) is 24.3 Å². The smallest absolute Gasteiger partial charge is 0.372 e. The van der Waals surface area contributed by atoms with Gasteiger partial charge in [0.05, 0.1) is 0 Å². The molecule has 2 N–H and O–H groups in total. The summed E-state index contributed by atoms with van der Waals surface area (Å²) in [5, 5.41) is 0. The number of nitrogens with two attached hydrogens (primary N) is 1. The SMILES string of the molecule is NC(CCc1ccc(N2CCCC2)cc1)C(F)(F)F. The van der Waals surface area contributed by atoms with Gasteiger partial charge in [-0.3, -0.25) is 0 Å². The summed E-state index contributed by atoms with van der Waals surface area (Å²) in [6.45, 7) is 2.14. The lowest BCUT2D eigenvalue weighted by Crippen LogP contribution is -2.37. The minimum atomic E-state index is -4.30. The Bertz CT molecular complexity index is 394. The van der Waals surface area contributed by atoms with Crippen molar-refractivity contribution >= 4 is 5.69 Å². The number of anilines is 1. The van der Waals surface area contributed by atoms with Gasteiger partial charge in [0.25, 0.3) is 0 Å². The van der Waals surface area contributed by atoms with Crippen LogP contribution in [0.5, 0.6) is 0 Å². The maximum Gasteiger partial charge on any atom is 0.403 e. The first-order valence-corrected chi connectivity index (χ1v) is 6.63. The molecule has 1 aromatic carbocycles. The zero-order chi connectivity index (χ0) is 13.9. The van der Waals surface area contributed by atoms with Crippen molar-refractivity contribution in [2.45, 2.75) is 37.9 Å². The first-order valence-electron chi connectivity index (χ1n) is 6.63. The van der Waals surface area contributed by atoms with Crippen molar-refractivity contribution in [3.05, 3.63) is 29.8 Å². The van der Waals surface area contributed by atoms with Crippen molar-refractivity contribution in [3.63, 3.8) is 0 Å². The molecule has 1 aromatic rings. The molecule has 1 heterocycles. The third-order valence-electron chi connectivity index (χ3n) is 3.57. The van der Waals surface area contributed by atoms with Crippen molar-refractivity contribution in [2.75, 3.05) is 18.0 Å². The molecule has 0 radical (unpaired) electrons. The Hall–Kier alpha value is -1.23. The van der Waals surface area contributed by atoms with Gasteiger partial charge in [0.15, 0.2) is 0 Å². The molecule has 2 rings (SSSR count). The first kappa shape index (κ1) is 14.2. The lowest BCUT2D eigenvalue weighted by molar-refractivity contribution is -0.148. The van der Waals surface area contributed by atoms with Gasteiger partial charge in [-0.2, -0.15) is 13.2 Å². The highest BCUT2D eigenvalue weighted by atomic mass is 19.4. The molecule has 0 aromatic heterocycles. The molecule has 1 fully saturated rings. The third-order valence-corrected chi connectivity index (χ3v) is 3.57.